The molecule has 0 saturated carbocycles. The largest absolute Gasteiger partial charge is 0.507 e. The second kappa shape index (κ2) is 9.12. The van der Waals surface area contributed by atoms with Crippen molar-refractivity contribution in [2.24, 2.45) is 0 Å². The first-order valence-electron chi connectivity index (χ1n) is 10.4. The molecule has 30 heavy (non-hydrogen) atoms. The summed E-state index contributed by atoms with van der Waals surface area (Å²) in [5.41, 5.74) is 4.27. The lowest BCUT2D eigenvalue weighted by molar-refractivity contribution is 0.0342. The number of hydrogen-bond donors (Lipinski definition) is 2. The van der Waals surface area contributed by atoms with Crippen LogP contribution in [0.25, 0.3) is 11.4 Å². The minimum absolute atomic E-state index is 0.204. The van der Waals surface area contributed by atoms with Crippen LogP contribution in [0.3, 0.4) is 0 Å². The van der Waals surface area contributed by atoms with Gasteiger partial charge in [-0.15, -0.1) is 0 Å². The average Bonchev–Trinajstić information content (AvgIpc) is 3.09. The van der Waals surface area contributed by atoms with Gasteiger partial charge in [0.15, 0.2) is 10.6 Å². The highest BCUT2D eigenvalue weighted by atomic mass is 32.1. The van der Waals surface area contributed by atoms with E-state index in [1.807, 2.05) is 16.7 Å². The molecule has 1 aliphatic heterocycles. The number of benzene rings is 2. The maximum atomic E-state index is 10.5. The minimum Gasteiger partial charge on any atom is -0.507 e. The van der Waals surface area contributed by atoms with Crippen LogP contribution in [0.2, 0.25) is 0 Å². The molecule has 6 nitrogen and oxygen atoms in total. The Labute approximate surface area is 182 Å². The molecule has 4 rings (SSSR count). The van der Waals surface area contributed by atoms with Gasteiger partial charge >= 0.3 is 0 Å². The standard InChI is InChI=1S/C23H28N4O2S/c1-16(2)19-6-7-21(28)20(13-19)22-24-25-23(30)27(22)15-18-5-3-4-17(12-18)14-26-8-10-29-11-9-26/h3-7,12-13,16,28H,8-11,14-15H2,1-2H3,(H,25,30). The summed E-state index contributed by atoms with van der Waals surface area (Å²) in [5, 5.41) is 17.8. The van der Waals surface area contributed by atoms with Crippen LogP contribution in [0.1, 0.15) is 36.5 Å². The molecule has 2 N–H and O–H groups in total. The number of hydrogen-bond acceptors (Lipinski definition) is 5. The lowest BCUT2D eigenvalue weighted by Crippen LogP contribution is -2.35. The lowest BCUT2D eigenvalue weighted by Gasteiger charge is -2.26. The second-order valence-electron chi connectivity index (χ2n) is 8.08. The van der Waals surface area contributed by atoms with Crippen molar-refractivity contribution in [3.05, 3.63) is 63.9 Å². The molecule has 1 aromatic heterocycles. The average molecular weight is 425 g/mol. The highest BCUT2D eigenvalue weighted by Gasteiger charge is 2.16. The summed E-state index contributed by atoms with van der Waals surface area (Å²) in [4.78, 5) is 2.41. The molecule has 0 unspecified atom stereocenters. The number of aromatic hydroxyl groups is 1. The number of phenolic OH excluding ortho intramolecular Hbond substituents is 1. The van der Waals surface area contributed by atoms with Crippen LogP contribution in [-0.2, 0) is 17.8 Å². The molecule has 0 radical (unpaired) electrons. The molecule has 1 aliphatic rings. The van der Waals surface area contributed by atoms with Crippen molar-refractivity contribution in [2.75, 3.05) is 26.3 Å². The first kappa shape index (κ1) is 20.8. The molecule has 1 fully saturated rings. The number of phenols is 1. The van der Waals surface area contributed by atoms with E-state index in [1.54, 1.807) is 6.07 Å². The number of aromatic amines is 1. The molecule has 158 valence electrons. The van der Waals surface area contributed by atoms with E-state index in [0.717, 1.165) is 44.0 Å². The van der Waals surface area contributed by atoms with Crippen LogP contribution in [0.5, 0.6) is 5.75 Å². The van der Waals surface area contributed by atoms with E-state index in [1.165, 1.54) is 5.56 Å². The number of aromatic nitrogens is 3. The van der Waals surface area contributed by atoms with Crippen molar-refractivity contribution in [3.63, 3.8) is 0 Å². The fraction of sp³-hybridized carbons (Fsp3) is 0.391. The van der Waals surface area contributed by atoms with E-state index in [2.05, 4.69) is 53.2 Å². The van der Waals surface area contributed by atoms with Crippen LogP contribution >= 0.6 is 12.2 Å². The van der Waals surface area contributed by atoms with Gasteiger partial charge in [-0.3, -0.25) is 14.6 Å². The summed E-state index contributed by atoms with van der Waals surface area (Å²) in [6, 6.07) is 14.2. The predicted octanol–water partition coefficient (Wildman–Crippen LogP) is 4.32. The van der Waals surface area contributed by atoms with Crippen molar-refractivity contribution in [3.8, 4) is 17.1 Å². The summed E-state index contributed by atoms with van der Waals surface area (Å²) < 4.78 is 7.93. The van der Waals surface area contributed by atoms with Gasteiger partial charge in [0.1, 0.15) is 5.75 Å². The quantitative estimate of drug-likeness (QED) is 0.577. The molecule has 2 aromatic carbocycles. The van der Waals surface area contributed by atoms with Crippen molar-refractivity contribution >= 4 is 12.2 Å². The third kappa shape index (κ3) is 4.64. The molecule has 0 spiro atoms. The van der Waals surface area contributed by atoms with Crippen LogP contribution in [0, 0.1) is 4.77 Å². The summed E-state index contributed by atoms with van der Waals surface area (Å²) >= 11 is 5.50. The first-order chi connectivity index (χ1) is 14.5. The fourth-order valence-electron chi connectivity index (χ4n) is 3.79. The lowest BCUT2D eigenvalue weighted by atomic mass is 10.00. The van der Waals surface area contributed by atoms with Gasteiger partial charge in [0, 0.05) is 19.6 Å². The minimum atomic E-state index is 0.204. The maximum Gasteiger partial charge on any atom is 0.195 e. The second-order valence-corrected chi connectivity index (χ2v) is 8.46. The molecule has 0 atom stereocenters. The van der Waals surface area contributed by atoms with Gasteiger partial charge in [-0.25, -0.2) is 0 Å². The third-order valence-electron chi connectivity index (χ3n) is 5.53. The number of morpholine rings is 1. The van der Waals surface area contributed by atoms with Crippen LogP contribution < -0.4 is 0 Å². The smallest absolute Gasteiger partial charge is 0.195 e. The molecular formula is C23H28N4O2S. The van der Waals surface area contributed by atoms with E-state index in [-0.39, 0.29) is 5.75 Å². The Morgan fingerprint density at radius 3 is 2.57 bits per heavy atom. The molecule has 0 bridgehead atoms. The first-order valence-corrected chi connectivity index (χ1v) is 10.8. The number of nitrogens with one attached hydrogen (secondary N) is 1. The Kier molecular flexibility index (Phi) is 6.32. The molecular weight excluding hydrogens is 396 g/mol. The zero-order valence-electron chi connectivity index (χ0n) is 17.5. The highest BCUT2D eigenvalue weighted by molar-refractivity contribution is 7.71. The number of nitrogens with zero attached hydrogens (tertiary/aromatic N) is 3. The predicted molar refractivity (Wildman–Crippen MR) is 120 cm³/mol. The normalized spacial score (nSPS) is 15.0. The molecule has 0 amide bonds. The van der Waals surface area contributed by atoms with Crippen LogP contribution in [-0.4, -0.2) is 51.1 Å². The molecule has 0 aliphatic carbocycles. The Balaban J connectivity index is 1.61. The van der Waals surface area contributed by atoms with Gasteiger partial charge in [-0.2, -0.15) is 5.10 Å². The number of H-pyrrole nitrogens is 1. The van der Waals surface area contributed by atoms with E-state index in [4.69, 9.17) is 17.0 Å². The Morgan fingerprint density at radius 1 is 1.10 bits per heavy atom. The van der Waals surface area contributed by atoms with Gasteiger partial charge in [0.25, 0.3) is 0 Å². The van der Waals surface area contributed by atoms with Crippen molar-refractivity contribution in [1.82, 2.24) is 19.7 Å². The zero-order chi connectivity index (χ0) is 21.1. The van der Waals surface area contributed by atoms with Crippen LogP contribution in [0.15, 0.2) is 42.5 Å². The van der Waals surface area contributed by atoms with E-state index < -0.39 is 0 Å². The number of rotatable bonds is 6. The molecule has 2 heterocycles. The molecule has 7 heteroatoms. The van der Waals surface area contributed by atoms with E-state index >= 15 is 0 Å². The zero-order valence-corrected chi connectivity index (χ0v) is 18.3. The maximum absolute atomic E-state index is 10.5. The van der Waals surface area contributed by atoms with Crippen molar-refractivity contribution < 1.29 is 9.84 Å². The SMILES string of the molecule is CC(C)c1ccc(O)c(-c2n[nH]c(=S)n2Cc2cccc(CN3CCOCC3)c2)c1. The van der Waals surface area contributed by atoms with E-state index in [9.17, 15) is 5.11 Å². The Bertz CT molecular complexity index is 1070. The molecule has 1 saturated heterocycles. The summed E-state index contributed by atoms with van der Waals surface area (Å²) in [5.74, 6) is 1.21. The number of ether oxygens (including phenoxy) is 1. The van der Waals surface area contributed by atoms with Gasteiger partial charge in [-0.05, 0) is 47.0 Å². The summed E-state index contributed by atoms with van der Waals surface area (Å²) in [7, 11) is 0. The third-order valence-corrected chi connectivity index (χ3v) is 5.84. The molecule has 3 aromatic rings. The van der Waals surface area contributed by atoms with Gasteiger partial charge in [-0.1, -0.05) is 44.2 Å². The van der Waals surface area contributed by atoms with Gasteiger partial charge in [0.05, 0.1) is 25.3 Å². The topological polar surface area (TPSA) is 66.3 Å². The Hall–Kier alpha value is -2.48. The monoisotopic (exact) mass is 424 g/mol. The van der Waals surface area contributed by atoms with Gasteiger partial charge in [0.2, 0.25) is 0 Å². The summed E-state index contributed by atoms with van der Waals surface area (Å²) in [6.45, 7) is 9.29. The van der Waals surface area contributed by atoms with Crippen LogP contribution in [0.4, 0.5) is 0 Å². The fourth-order valence-corrected chi connectivity index (χ4v) is 3.98. The van der Waals surface area contributed by atoms with Gasteiger partial charge < -0.3 is 9.84 Å². The van der Waals surface area contributed by atoms with Crippen molar-refractivity contribution in [2.45, 2.75) is 32.9 Å². The van der Waals surface area contributed by atoms with Crippen molar-refractivity contribution in [1.29, 1.82) is 0 Å². The highest BCUT2D eigenvalue weighted by Crippen LogP contribution is 2.31. The summed E-state index contributed by atoms with van der Waals surface area (Å²) in [6.07, 6.45) is 0. The Morgan fingerprint density at radius 2 is 1.83 bits per heavy atom. The van der Waals surface area contributed by atoms with E-state index in [0.29, 0.717) is 28.6 Å².